The zero-order valence-electron chi connectivity index (χ0n) is 20.4. The maximum Gasteiger partial charge on any atom is 0.417 e. The summed E-state index contributed by atoms with van der Waals surface area (Å²) in [5, 5.41) is 20.7. The van der Waals surface area contributed by atoms with Gasteiger partial charge < -0.3 is 10.1 Å². The SMILES string of the molecule is Cc1c(NC(C(=O)N(N)C(=O)c2ccc(C#N)cc2)C(OCc2ccccc2)C(F)(F)F)ccc(C#N)c1Cl. The topological polar surface area (TPSA) is 132 Å². The fourth-order valence-corrected chi connectivity index (χ4v) is 3.79. The lowest BCUT2D eigenvalue weighted by molar-refractivity contribution is -0.228. The van der Waals surface area contributed by atoms with E-state index in [0.29, 0.717) is 5.56 Å². The summed E-state index contributed by atoms with van der Waals surface area (Å²) < 4.78 is 48.2. The van der Waals surface area contributed by atoms with Crippen LogP contribution < -0.4 is 11.2 Å². The predicted octanol–water partition coefficient (Wildman–Crippen LogP) is 4.86. The summed E-state index contributed by atoms with van der Waals surface area (Å²) in [5.41, 5.74) is 0.768. The van der Waals surface area contributed by atoms with Gasteiger partial charge in [-0.2, -0.15) is 23.7 Å². The standard InChI is InChI=1S/C27H21ClF3N5O3/c1-16-21(12-11-20(14-33)22(16)28)35-23(24(27(29,30)31)39-15-18-5-3-2-4-6-18)26(38)36(34)25(37)19-9-7-17(13-32)8-10-19/h2-12,23-24,35H,15,34H2,1H3. The maximum absolute atomic E-state index is 14.3. The first kappa shape index (κ1) is 29.1. The molecule has 2 atom stereocenters. The van der Waals surface area contributed by atoms with Crippen LogP contribution in [0.1, 0.15) is 32.6 Å². The molecular weight excluding hydrogens is 535 g/mol. The average molecular weight is 556 g/mol. The molecule has 0 fully saturated rings. The van der Waals surface area contributed by atoms with Gasteiger partial charge in [0.1, 0.15) is 12.1 Å². The Morgan fingerprint density at radius 2 is 1.69 bits per heavy atom. The van der Waals surface area contributed by atoms with Gasteiger partial charge in [-0.15, -0.1) is 0 Å². The minimum Gasteiger partial charge on any atom is -0.371 e. The number of nitriles is 2. The molecular formula is C27H21ClF3N5O3. The predicted molar refractivity (Wildman–Crippen MR) is 136 cm³/mol. The molecule has 3 rings (SSSR count). The van der Waals surface area contributed by atoms with Gasteiger partial charge in [0.2, 0.25) is 0 Å². The van der Waals surface area contributed by atoms with Crippen LogP contribution in [-0.4, -0.2) is 35.1 Å². The lowest BCUT2D eigenvalue weighted by Crippen LogP contribution is -2.58. The van der Waals surface area contributed by atoms with Crippen LogP contribution in [0, 0.1) is 29.6 Å². The molecule has 8 nitrogen and oxygen atoms in total. The highest BCUT2D eigenvalue weighted by molar-refractivity contribution is 6.32. The molecule has 0 aliphatic carbocycles. The van der Waals surface area contributed by atoms with Crippen molar-refractivity contribution in [2.45, 2.75) is 31.9 Å². The van der Waals surface area contributed by atoms with Gasteiger partial charge in [0.05, 0.1) is 28.8 Å². The molecule has 2 amide bonds. The Labute approximate surface area is 226 Å². The van der Waals surface area contributed by atoms with E-state index in [2.05, 4.69) is 5.32 Å². The first-order chi connectivity index (χ1) is 18.5. The zero-order valence-corrected chi connectivity index (χ0v) is 21.1. The van der Waals surface area contributed by atoms with Crippen molar-refractivity contribution >= 4 is 29.1 Å². The van der Waals surface area contributed by atoms with E-state index in [4.69, 9.17) is 27.4 Å². The Morgan fingerprint density at radius 3 is 2.26 bits per heavy atom. The van der Waals surface area contributed by atoms with E-state index >= 15 is 0 Å². The summed E-state index contributed by atoms with van der Waals surface area (Å²) in [5.74, 6) is 3.21. The highest BCUT2D eigenvalue weighted by Gasteiger charge is 2.50. The molecule has 0 aliphatic rings. The van der Waals surface area contributed by atoms with Gasteiger partial charge in [-0.1, -0.05) is 41.9 Å². The molecule has 12 heteroatoms. The van der Waals surface area contributed by atoms with E-state index in [9.17, 15) is 28.0 Å². The molecule has 3 aromatic rings. The van der Waals surface area contributed by atoms with Crippen LogP contribution in [0.25, 0.3) is 0 Å². The van der Waals surface area contributed by atoms with E-state index in [-0.39, 0.29) is 38.0 Å². The fourth-order valence-electron chi connectivity index (χ4n) is 3.58. The zero-order chi connectivity index (χ0) is 28.7. The third-order valence-corrected chi connectivity index (χ3v) is 6.19. The first-order valence-corrected chi connectivity index (χ1v) is 11.7. The molecule has 200 valence electrons. The summed E-state index contributed by atoms with van der Waals surface area (Å²) in [6.07, 6.45) is -7.83. The molecule has 0 aliphatic heterocycles. The third kappa shape index (κ3) is 6.92. The summed E-state index contributed by atoms with van der Waals surface area (Å²) in [6.45, 7) is 0.945. The van der Waals surface area contributed by atoms with Crippen molar-refractivity contribution in [3.8, 4) is 12.1 Å². The summed E-state index contributed by atoms with van der Waals surface area (Å²) in [6, 6.07) is 17.1. The lowest BCUT2D eigenvalue weighted by Gasteiger charge is -2.32. The number of alkyl halides is 3. The van der Waals surface area contributed by atoms with Crippen molar-refractivity contribution in [3.63, 3.8) is 0 Å². The number of nitrogens with two attached hydrogens (primary N) is 1. The molecule has 3 aromatic carbocycles. The number of amides is 2. The molecule has 39 heavy (non-hydrogen) atoms. The second-order valence-electron chi connectivity index (χ2n) is 8.29. The number of nitrogens with one attached hydrogen (secondary N) is 1. The number of imide groups is 1. The van der Waals surface area contributed by atoms with Gasteiger partial charge in [-0.05, 0) is 54.4 Å². The van der Waals surface area contributed by atoms with Crippen molar-refractivity contribution < 1.29 is 27.5 Å². The first-order valence-electron chi connectivity index (χ1n) is 11.3. The van der Waals surface area contributed by atoms with Crippen molar-refractivity contribution in [1.82, 2.24) is 5.01 Å². The Hall–Kier alpha value is -4.42. The molecule has 0 spiro atoms. The highest BCUT2D eigenvalue weighted by Crippen LogP contribution is 2.32. The van der Waals surface area contributed by atoms with E-state index in [1.165, 1.54) is 43.3 Å². The smallest absolute Gasteiger partial charge is 0.371 e. The molecule has 0 radical (unpaired) electrons. The number of carbonyl (C=O) groups excluding carboxylic acids is 2. The molecule has 2 unspecified atom stereocenters. The van der Waals surface area contributed by atoms with Crippen LogP contribution >= 0.6 is 11.6 Å². The molecule has 0 aromatic heterocycles. The van der Waals surface area contributed by atoms with E-state index in [1.807, 2.05) is 12.1 Å². The van der Waals surface area contributed by atoms with Gasteiger partial charge in [-0.25, -0.2) is 10.9 Å². The van der Waals surface area contributed by atoms with Gasteiger partial charge >= 0.3 is 6.18 Å². The number of rotatable bonds is 8. The Bertz CT molecular complexity index is 1430. The lowest BCUT2D eigenvalue weighted by atomic mass is 10.0. The largest absolute Gasteiger partial charge is 0.417 e. The molecule has 3 N–H and O–H groups in total. The summed E-state index contributed by atoms with van der Waals surface area (Å²) in [7, 11) is 0. The molecule has 0 saturated heterocycles. The number of hydrazine groups is 1. The number of anilines is 1. The van der Waals surface area contributed by atoms with Crippen LogP contribution in [0.15, 0.2) is 66.7 Å². The number of nitrogens with zero attached hydrogens (tertiary/aromatic N) is 3. The molecule has 0 heterocycles. The second kappa shape index (κ2) is 12.4. The van der Waals surface area contributed by atoms with Gasteiger partial charge in [0.15, 0.2) is 6.10 Å². The Morgan fingerprint density at radius 1 is 1.05 bits per heavy atom. The van der Waals surface area contributed by atoms with Gasteiger partial charge in [-0.3, -0.25) is 9.59 Å². The van der Waals surface area contributed by atoms with Crippen LogP contribution in [0.3, 0.4) is 0 Å². The van der Waals surface area contributed by atoms with E-state index in [0.717, 1.165) is 0 Å². The van der Waals surface area contributed by atoms with Crippen molar-refractivity contribution in [2.24, 2.45) is 5.84 Å². The monoisotopic (exact) mass is 555 g/mol. The van der Waals surface area contributed by atoms with Gasteiger partial charge in [0.25, 0.3) is 11.8 Å². The minimum atomic E-state index is -5.08. The second-order valence-corrected chi connectivity index (χ2v) is 8.67. The summed E-state index contributed by atoms with van der Waals surface area (Å²) >= 11 is 6.18. The Kier molecular flexibility index (Phi) is 9.28. The van der Waals surface area contributed by atoms with Crippen LogP contribution in [0.5, 0.6) is 0 Å². The maximum atomic E-state index is 14.3. The molecule has 0 bridgehead atoms. The van der Waals surface area contributed by atoms with Crippen molar-refractivity contribution in [1.29, 1.82) is 10.5 Å². The number of benzene rings is 3. The van der Waals surface area contributed by atoms with Crippen molar-refractivity contribution in [2.75, 3.05) is 5.32 Å². The van der Waals surface area contributed by atoms with Crippen LogP contribution in [0.4, 0.5) is 18.9 Å². The van der Waals surface area contributed by atoms with Gasteiger partial charge in [0, 0.05) is 11.3 Å². The minimum absolute atomic E-state index is 0.00543. The number of hydrogen-bond donors (Lipinski definition) is 2. The van der Waals surface area contributed by atoms with E-state index in [1.54, 1.807) is 30.3 Å². The number of hydrogen-bond acceptors (Lipinski definition) is 7. The van der Waals surface area contributed by atoms with Crippen LogP contribution in [-0.2, 0) is 16.1 Å². The number of ether oxygens (including phenoxy) is 1. The third-order valence-electron chi connectivity index (χ3n) is 5.70. The molecule has 0 saturated carbocycles. The van der Waals surface area contributed by atoms with Crippen molar-refractivity contribution in [3.05, 3.63) is 99.6 Å². The number of halogens is 4. The normalized spacial score (nSPS) is 12.5. The van der Waals surface area contributed by atoms with E-state index < -0.39 is 36.7 Å². The Balaban J connectivity index is 2.02. The fraction of sp³-hybridized carbons (Fsp3) is 0.185. The quantitative estimate of drug-likeness (QED) is 0.230. The average Bonchev–Trinajstić information content (AvgIpc) is 2.93. The highest BCUT2D eigenvalue weighted by atomic mass is 35.5. The van der Waals surface area contributed by atoms with Crippen LogP contribution in [0.2, 0.25) is 5.02 Å². The number of carbonyl (C=O) groups is 2. The summed E-state index contributed by atoms with van der Waals surface area (Å²) in [4.78, 5) is 26.3.